The van der Waals surface area contributed by atoms with Crippen LogP contribution in [0.5, 0.6) is 0 Å². The molecule has 176 valence electrons. The minimum atomic E-state index is -0.579. The summed E-state index contributed by atoms with van der Waals surface area (Å²) in [6.07, 6.45) is 3.20. The lowest BCUT2D eigenvalue weighted by molar-refractivity contribution is 0.0468. The Labute approximate surface area is 187 Å². The molecule has 0 aliphatic carbocycles. The van der Waals surface area contributed by atoms with Crippen LogP contribution in [0.4, 0.5) is 10.5 Å². The van der Waals surface area contributed by atoms with Crippen molar-refractivity contribution in [3.05, 3.63) is 29.3 Å². The number of ether oxygens (including phenoxy) is 2. The van der Waals surface area contributed by atoms with Crippen molar-refractivity contribution in [3.63, 3.8) is 0 Å². The van der Waals surface area contributed by atoms with Gasteiger partial charge in [-0.3, -0.25) is 0 Å². The lowest BCUT2D eigenvalue weighted by Crippen LogP contribution is -2.42. The highest BCUT2D eigenvalue weighted by atomic mass is 16.6. The molecule has 1 amide bonds. The lowest BCUT2D eigenvalue weighted by atomic mass is 9.84. The SMILES string of the molecule is COCCCNc1cc(C[C@@H](C[C@@H](CO)NC(=O)OC(C)(C)C)C(C)C)ccc1C=N. The van der Waals surface area contributed by atoms with Crippen LogP contribution in [0.1, 0.15) is 58.6 Å². The molecule has 31 heavy (non-hydrogen) atoms. The second kappa shape index (κ2) is 13.3. The first-order valence-electron chi connectivity index (χ1n) is 11.1. The molecule has 0 saturated heterocycles. The van der Waals surface area contributed by atoms with Crippen LogP contribution in [0.25, 0.3) is 0 Å². The first kappa shape index (κ1) is 26.9. The molecule has 1 rings (SSSR count). The van der Waals surface area contributed by atoms with Gasteiger partial charge in [-0.15, -0.1) is 0 Å². The fourth-order valence-corrected chi connectivity index (χ4v) is 3.36. The normalized spacial score (nSPS) is 13.5. The number of rotatable bonds is 13. The Morgan fingerprint density at radius 2 is 2.00 bits per heavy atom. The summed E-state index contributed by atoms with van der Waals surface area (Å²) in [5, 5.41) is 23.7. The third-order valence-corrected chi connectivity index (χ3v) is 5.08. The Balaban J connectivity index is 2.84. The number of aliphatic hydroxyl groups is 1. The van der Waals surface area contributed by atoms with E-state index < -0.39 is 11.7 Å². The number of hydrogen-bond acceptors (Lipinski definition) is 6. The van der Waals surface area contributed by atoms with Crippen LogP contribution >= 0.6 is 0 Å². The predicted octanol–water partition coefficient (Wildman–Crippen LogP) is 4.22. The van der Waals surface area contributed by atoms with E-state index in [2.05, 4.69) is 30.5 Å². The molecule has 1 aromatic rings. The molecule has 0 aliphatic heterocycles. The van der Waals surface area contributed by atoms with Gasteiger partial charge in [-0.25, -0.2) is 4.79 Å². The van der Waals surface area contributed by atoms with Gasteiger partial charge in [0.15, 0.2) is 0 Å². The average Bonchev–Trinajstić information content (AvgIpc) is 2.68. The van der Waals surface area contributed by atoms with Crippen LogP contribution in [-0.2, 0) is 15.9 Å². The van der Waals surface area contributed by atoms with Crippen LogP contribution in [-0.4, -0.2) is 55.9 Å². The van der Waals surface area contributed by atoms with E-state index in [0.29, 0.717) is 18.9 Å². The Morgan fingerprint density at radius 1 is 1.29 bits per heavy atom. The zero-order chi connectivity index (χ0) is 23.4. The minimum Gasteiger partial charge on any atom is -0.444 e. The molecule has 1 aromatic carbocycles. The van der Waals surface area contributed by atoms with E-state index in [4.69, 9.17) is 14.9 Å². The largest absolute Gasteiger partial charge is 0.444 e. The van der Waals surface area contributed by atoms with Crippen LogP contribution in [0, 0.1) is 17.2 Å². The number of anilines is 1. The average molecular weight is 436 g/mol. The monoisotopic (exact) mass is 435 g/mol. The molecule has 0 fully saturated rings. The number of benzene rings is 1. The Morgan fingerprint density at radius 3 is 2.55 bits per heavy atom. The number of carbonyl (C=O) groups excluding carboxylic acids is 1. The van der Waals surface area contributed by atoms with Crippen molar-refractivity contribution in [1.82, 2.24) is 5.32 Å². The van der Waals surface area contributed by atoms with Gasteiger partial charge in [0.25, 0.3) is 0 Å². The highest BCUT2D eigenvalue weighted by Crippen LogP contribution is 2.25. The number of amides is 1. The summed E-state index contributed by atoms with van der Waals surface area (Å²) in [7, 11) is 1.69. The van der Waals surface area contributed by atoms with Crippen molar-refractivity contribution >= 4 is 18.0 Å². The van der Waals surface area contributed by atoms with Crippen molar-refractivity contribution < 1.29 is 19.4 Å². The number of hydrogen-bond donors (Lipinski definition) is 4. The molecule has 2 atom stereocenters. The molecular formula is C24H41N3O4. The lowest BCUT2D eigenvalue weighted by Gasteiger charge is -2.28. The summed E-state index contributed by atoms with van der Waals surface area (Å²) in [5.41, 5.74) is 2.37. The predicted molar refractivity (Wildman–Crippen MR) is 126 cm³/mol. The summed E-state index contributed by atoms with van der Waals surface area (Å²) >= 11 is 0. The van der Waals surface area contributed by atoms with Gasteiger partial charge in [0.2, 0.25) is 0 Å². The van der Waals surface area contributed by atoms with Crippen LogP contribution in [0.15, 0.2) is 18.2 Å². The molecule has 7 nitrogen and oxygen atoms in total. The third kappa shape index (κ3) is 10.6. The number of alkyl carbamates (subject to hydrolysis) is 1. The molecule has 4 N–H and O–H groups in total. The maximum atomic E-state index is 12.1. The van der Waals surface area contributed by atoms with Gasteiger partial charge >= 0.3 is 6.09 Å². The Bertz CT molecular complexity index is 686. The summed E-state index contributed by atoms with van der Waals surface area (Å²) in [6.45, 7) is 11.1. The summed E-state index contributed by atoms with van der Waals surface area (Å²) < 4.78 is 10.4. The quantitative estimate of drug-likeness (QED) is 0.274. The molecular weight excluding hydrogens is 394 g/mol. The molecule has 0 unspecified atom stereocenters. The first-order valence-corrected chi connectivity index (χ1v) is 11.1. The van der Waals surface area contributed by atoms with E-state index in [1.165, 1.54) is 6.21 Å². The van der Waals surface area contributed by atoms with Crippen molar-refractivity contribution in [2.75, 3.05) is 32.2 Å². The molecule has 0 saturated carbocycles. The maximum absolute atomic E-state index is 12.1. The van der Waals surface area contributed by atoms with Gasteiger partial charge in [-0.2, -0.15) is 0 Å². The number of methoxy groups -OCH3 is 1. The van der Waals surface area contributed by atoms with Crippen molar-refractivity contribution in [2.45, 2.75) is 65.5 Å². The summed E-state index contributed by atoms with van der Waals surface area (Å²) in [6, 6.07) is 5.74. The maximum Gasteiger partial charge on any atom is 0.407 e. The van der Waals surface area contributed by atoms with Crippen LogP contribution in [0.3, 0.4) is 0 Å². The van der Waals surface area contributed by atoms with Crippen molar-refractivity contribution in [2.24, 2.45) is 11.8 Å². The molecule has 7 heteroatoms. The zero-order valence-corrected chi connectivity index (χ0v) is 20.0. The highest BCUT2D eigenvalue weighted by Gasteiger charge is 2.24. The van der Waals surface area contributed by atoms with Crippen LogP contribution < -0.4 is 10.6 Å². The van der Waals surface area contributed by atoms with Gasteiger partial charge < -0.3 is 30.6 Å². The number of aliphatic hydroxyl groups excluding tert-OH is 1. The van der Waals surface area contributed by atoms with E-state index >= 15 is 0 Å². The van der Waals surface area contributed by atoms with Crippen LogP contribution in [0.2, 0.25) is 0 Å². The number of carbonyl (C=O) groups is 1. The Hall–Kier alpha value is -2.12. The van der Waals surface area contributed by atoms with Gasteiger partial charge in [0.05, 0.1) is 12.6 Å². The molecule has 0 aliphatic rings. The fraction of sp³-hybridized carbons (Fsp3) is 0.667. The standard InChI is InChI=1S/C24H41N3O4/c1-17(2)20(14-21(16-28)27-23(29)31-24(3,4)5)12-18-8-9-19(15-25)22(13-18)26-10-7-11-30-6/h8-9,13,15,17,20-21,25-26,28H,7,10-12,14,16H2,1-6H3,(H,27,29)/t20-,21-/m0/s1. The summed E-state index contributed by atoms with van der Waals surface area (Å²) in [4.78, 5) is 12.1. The fourth-order valence-electron chi connectivity index (χ4n) is 3.36. The Kier molecular flexibility index (Phi) is 11.6. The molecule has 0 radical (unpaired) electrons. The molecule has 0 spiro atoms. The summed E-state index contributed by atoms with van der Waals surface area (Å²) in [5.74, 6) is 0.634. The van der Waals surface area contributed by atoms with Gasteiger partial charge in [0.1, 0.15) is 5.60 Å². The zero-order valence-electron chi connectivity index (χ0n) is 20.0. The van der Waals surface area contributed by atoms with Gasteiger partial charge in [0, 0.05) is 37.7 Å². The molecule has 0 heterocycles. The second-order valence-corrected chi connectivity index (χ2v) is 9.31. The third-order valence-electron chi connectivity index (χ3n) is 5.08. The topological polar surface area (TPSA) is 104 Å². The van der Waals surface area contributed by atoms with E-state index in [9.17, 15) is 9.90 Å². The van der Waals surface area contributed by atoms with Crippen molar-refractivity contribution in [3.8, 4) is 0 Å². The van der Waals surface area contributed by atoms with E-state index in [1.54, 1.807) is 7.11 Å². The smallest absolute Gasteiger partial charge is 0.407 e. The van der Waals surface area contributed by atoms with E-state index in [-0.39, 0.29) is 18.6 Å². The first-order chi connectivity index (χ1) is 14.6. The van der Waals surface area contributed by atoms with Gasteiger partial charge in [-0.1, -0.05) is 26.0 Å². The number of nitrogens with one attached hydrogen (secondary N) is 3. The molecule has 0 bridgehead atoms. The van der Waals surface area contributed by atoms with Gasteiger partial charge in [-0.05, 0) is 63.5 Å². The van der Waals surface area contributed by atoms with E-state index in [1.807, 2.05) is 32.9 Å². The molecule has 0 aromatic heterocycles. The minimum absolute atomic E-state index is 0.137. The highest BCUT2D eigenvalue weighted by molar-refractivity contribution is 5.86. The van der Waals surface area contributed by atoms with Crippen molar-refractivity contribution in [1.29, 1.82) is 5.41 Å². The second-order valence-electron chi connectivity index (χ2n) is 9.31. The van der Waals surface area contributed by atoms with E-state index in [0.717, 1.165) is 36.2 Å².